The molecule has 0 unspecified atom stereocenters. The van der Waals surface area contributed by atoms with Crippen LogP contribution in [0.3, 0.4) is 0 Å². The van der Waals surface area contributed by atoms with Crippen molar-refractivity contribution < 1.29 is 19.0 Å². The van der Waals surface area contributed by atoms with Crippen LogP contribution in [0.5, 0.6) is 11.5 Å². The Bertz CT molecular complexity index is 1090. The second-order valence-corrected chi connectivity index (χ2v) is 6.12. The summed E-state index contributed by atoms with van der Waals surface area (Å²) in [6.45, 7) is 1.99. The lowest BCUT2D eigenvalue weighted by Crippen LogP contribution is -2.21. The van der Waals surface area contributed by atoms with E-state index in [1.807, 2.05) is 0 Å². The summed E-state index contributed by atoms with van der Waals surface area (Å²) < 4.78 is 15.9. The minimum absolute atomic E-state index is 0.0551. The lowest BCUT2D eigenvalue weighted by molar-refractivity contribution is 0.0525. The molecule has 3 aromatic rings. The fraction of sp³-hybridized carbons (Fsp3) is 0.158. The van der Waals surface area contributed by atoms with Crippen LogP contribution in [0.25, 0.3) is 22.0 Å². The van der Waals surface area contributed by atoms with E-state index in [-0.39, 0.29) is 19.0 Å². The van der Waals surface area contributed by atoms with Gasteiger partial charge in [0.2, 0.25) is 6.79 Å². The third kappa shape index (κ3) is 2.68. The van der Waals surface area contributed by atoms with E-state index in [2.05, 4.69) is 4.98 Å². The van der Waals surface area contributed by atoms with E-state index < -0.39 is 11.5 Å². The van der Waals surface area contributed by atoms with E-state index in [0.29, 0.717) is 38.6 Å². The number of esters is 1. The van der Waals surface area contributed by atoms with Gasteiger partial charge in [0.1, 0.15) is 5.56 Å². The maximum Gasteiger partial charge on any atom is 0.344 e. The number of carbonyl (C=O) groups excluding carboxylic acids is 1. The zero-order valence-electron chi connectivity index (χ0n) is 13.8. The smallest absolute Gasteiger partial charge is 0.344 e. The molecule has 26 heavy (non-hydrogen) atoms. The van der Waals surface area contributed by atoms with Crippen molar-refractivity contribution in [1.82, 2.24) is 4.98 Å². The summed E-state index contributed by atoms with van der Waals surface area (Å²) in [5.41, 5.74) is 1.06. The number of aromatic nitrogens is 1. The predicted octanol–water partition coefficient (Wildman–Crippen LogP) is 3.75. The number of H-pyrrole nitrogens is 1. The van der Waals surface area contributed by atoms with Crippen molar-refractivity contribution in [2.75, 3.05) is 13.4 Å². The first-order chi connectivity index (χ1) is 12.6. The van der Waals surface area contributed by atoms with Gasteiger partial charge in [-0.2, -0.15) is 0 Å². The molecule has 132 valence electrons. The van der Waals surface area contributed by atoms with Crippen LogP contribution in [0.2, 0.25) is 5.02 Å². The molecule has 0 bridgehead atoms. The fourth-order valence-electron chi connectivity index (χ4n) is 3.02. The Morgan fingerprint density at radius 1 is 1.19 bits per heavy atom. The highest BCUT2D eigenvalue weighted by Crippen LogP contribution is 2.39. The second kappa shape index (κ2) is 6.38. The first kappa shape index (κ1) is 16.5. The number of fused-ring (bicyclic) bond motifs is 2. The Labute approximate surface area is 153 Å². The van der Waals surface area contributed by atoms with Gasteiger partial charge in [-0.25, -0.2) is 4.79 Å². The number of carbonyl (C=O) groups is 1. The molecule has 0 spiro atoms. The van der Waals surface area contributed by atoms with Gasteiger partial charge in [-0.15, -0.1) is 0 Å². The lowest BCUT2D eigenvalue weighted by atomic mass is 9.96. The molecule has 2 heterocycles. The van der Waals surface area contributed by atoms with E-state index in [0.717, 1.165) is 0 Å². The number of nitrogens with one attached hydrogen (secondary N) is 1. The van der Waals surface area contributed by atoms with Crippen LogP contribution in [0.1, 0.15) is 17.3 Å². The highest BCUT2D eigenvalue weighted by atomic mass is 35.5. The highest BCUT2D eigenvalue weighted by Gasteiger charge is 2.23. The molecule has 1 aliphatic heterocycles. The van der Waals surface area contributed by atoms with Gasteiger partial charge >= 0.3 is 5.97 Å². The maximum atomic E-state index is 12.6. The van der Waals surface area contributed by atoms with Crippen molar-refractivity contribution in [1.29, 1.82) is 0 Å². The molecule has 0 radical (unpaired) electrons. The van der Waals surface area contributed by atoms with Crippen molar-refractivity contribution in [2.45, 2.75) is 6.92 Å². The van der Waals surface area contributed by atoms with E-state index >= 15 is 0 Å². The fourth-order valence-corrected chi connectivity index (χ4v) is 3.19. The number of hydrogen-bond acceptors (Lipinski definition) is 5. The van der Waals surface area contributed by atoms with Crippen LogP contribution in [-0.4, -0.2) is 24.4 Å². The molecule has 2 aromatic carbocycles. The van der Waals surface area contributed by atoms with Crippen LogP contribution in [-0.2, 0) is 4.74 Å². The highest BCUT2D eigenvalue weighted by molar-refractivity contribution is 6.31. The number of rotatable bonds is 3. The minimum atomic E-state index is -0.682. The van der Waals surface area contributed by atoms with Crippen molar-refractivity contribution in [2.24, 2.45) is 0 Å². The zero-order valence-corrected chi connectivity index (χ0v) is 14.6. The molecule has 0 amide bonds. The summed E-state index contributed by atoms with van der Waals surface area (Å²) >= 11 is 6.05. The molecular formula is C19H14ClNO5. The SMILES string of the molecule is CCOC(=O)c1c(-c2ccc3c(c2)OCO3)c2ccc(Cl)cc2[nH]c1=O. The summed E-state index contributed by atoms with van der Waals surface area (Å²) in [5.74, 6) is 0.488. The first-order valence-electron chi connectivity index (χ1n) is 8.01. The molecule has 0 saturated heterocycles. The van der Waals surface area contributed by atoms with Gasteiger partial charge in [-0.1, -0.05) is 23.7 Å². The van der Waals surface area contributed by atoms with Gasteiger partial charge in [0.15, 0.2) is 11.5 Å². The van der Waals surface area contributed by atoms with Gasteiger partial charge in [-0.3, -0.25) is 4.79 Å². The third-order valence-corrected chi connectivity index (χ3v) is 4.35. The van der Waals surface area contributed by atoms with Gasteiger partial charge in [0.05, 0.1) is 12.1 Å². The molecular weight excluding hydrogens is 358 g/mol. The molecule has 1 aromatic heterocycles. The number of benzene rings is 2. The summed E-state index contributed by atoms with van der Waals surface area (Å²) in [4.78, 5) is 27.8. The topological polar surface area (TPSA) is 77.6 Å². The van der Waals surface area contributed by atoms with E-state index in [9.17, 15) is 9.59 Å². The van der Waals surface area contributed by atoms with Crippen LogP contribution in [0, 0.1) is 0 Å². The average molecular weight is 372 g/mol. The number of pyridine rings is 1. The van der Waals surface area contributed by atoms with Crippen LogP contribution >= 0.6 is 11.6 Å². The molecule has 7 heteroatoms. The van der Waals surface area contributed by atoms with Crippen LogP contribution in [0.4, 0.5) is 0 Å². The van der Waals surface area contributed by atoms with E-state index in [1.165, 1.54) is 0 Å². The van der Waals surface area contributed by atoms with Gasteiger partial charge < -0.3 is 19.2 Å². The quantitative estimate of drug-likeness (QED) is 0.709. The predicted molar refractivity (Wildman–Crippen MR) is 97.1 cm³/mol. The first-order valence-corrected chi connectivity index (χ1v) is 8.39. The molecule has 4 rings (SSSR count). The number of aromatic amines is 1. The van der Waals surface area contributed by atoms with Gasteiger partial charge in [-0.05, 0) is 36.8 Å². The number of hydrogen-bond donors (Lipinski definition) is 1. The monoisotopic (exact) mass is 371 g/mol. The molecule has 0 atom stereocenters. The van der Waals surface area contributed by atoms with Crippen LogP contribution in [0.15, 0.2) is 41.2 Å². The summed E-state index contributed by atoms with van der Waals surface area (Å²) in [6, 6.07) is 10.4. The Balaban J connectivity index is 2.05. The summed E-state index contributed by atoms with van der Waals surface area (Å²) in [7, 11) is 0. The maximum absolute atomic E-state index is 12.6. The van der Waals surface area contributed by atoms with Gasteiger partial charge in [0, 0.05) is 16.0 Å². The minimum Gasteiger partial charge on any atom is -0.462 e. The lowest BCUT2D eigenvalue weighted by Gasteiger charge is -2.13. The average Bonchev–Trinajstić information content (AvgIpc) is 3.08. The molecule has 1 aliphatic rings. The molecule has 0 fully saturated rings. The Morgan fingerprint density at radius 3 is 2.81 bits per heavy atom. The van der Waals surface area contributed by atoms with Crippen LogP contribution < -0.4 is 15.0 Å². The molecule has 6 nitrogen and oxygen atoms in total. The zero-order chi connectivity index (χ0) is 18.3. The van der Waals surface area contributed by atoms with Crippen molar-refractivity contribution >= 4 is 28.5 Å². The normalized spacial score (nSPS) is 12.4. The van der Waals surface area contributed by atoms with Gasteiger partial charge in [0.25, 0.3) is 5.56 Å². The molecule has 0 aliphatic carbocycles. The van der Waals surface area contributed by atoms with Crippen molar-refractivity contribution in [3.05, 3.63) is 57.3 Å². The summed E-state index contributed by atoms with van der Waals surface area (Å²) in [6.07, 6.45) is 0. The number of ether oxygens (including phenoxy) is 3. The standard InChI is InChI=1S/C19H14ClNO5/c1-2-24-19(23)17-16(10-3-6-14-15(7-10)26-9-25-14)12-5-4-11(20)8-13(12)21-18(17)22/h3-8H,2,9H2,1H3,(H,21,22). The Hall–Kier alpha value is -2.99. The number of halogens is 1. The molecule has 1 N–H and O–H groups in total. The second-order valence-electron chi connectivity index (χ2n) is 5.68. The van der Waals surface area contributed by atoms with E-state index in [4.69, 9.17) is 25.8 Å². The third-order valence-electron chi connectivity index (χ3n) is 4.12. The summed E-state index contributed by atoms with van der Waals surface area (Å²) in [5, 5.41) is 1.16. The Kier molecular flexibility index (Phi) is 4.05. The van der Waals surface area contributed by atoms with E-state index in [1.54, 1.807) is 43.3 Å². The van der Waals surface area contributed by atoms with Crippen molar-refractivity contribution in [3.8, 4) is 22.6 Å². The largest absolute Gasteiger partial charge is 0.462 e. The Morgan fingerprint density at radius 2 is 2.00 bits per heavy atom. The van der Waals surface area contributed by atoms with Crippen molar-refractivity contribution in [3.63, 3.8) is 0 Å². The molecule has 0 saturated carbocycles.